The fourth-order valence-electron chi connectivity index (χ4n) is 0.669. The lowest BCUT2D eigenvalue weighted by molar-refractivity contribution is -0.133. The average Bonchev–Trinajstić information content (AvgIpc) is 2.61. The summed E-state index contributed by atoms with van der Waals surface area (Å²) in [5.41, 5.74) is 1.06. The average molecular weight is 194 g/mol. The number of methoxy groups -OCH3 is 1. The molecule has 0 aliphatic rings. The Kier molecular flexibility index (Phi) is 3.23. The Balaban J connectivity index is 2.88. The van der Waals surface area contributed by atoms with Crippen LogP contribution >= 0.6 is 11.3 Å². The van der Waals surface area contributed by atoms with Gasteiger partial charge in [-0.2, -0.15) is 11.3 Å². The quantitative estimate of drug-likeness (QED) is 0.382. The SMILES string of the molecule is COC(=O)C#Cc1cscc1C=O. The van der Waals surface area contributed by atoms with Crippen LogP contribution in [0.2, 0.25) is 0 Å². The molecule has 0 amide bonds. The van der Waals surface area contributed by atoms with Gasteiger partial charge in [0, 0.05) is 27.8 Å². The van der Waals surface area contributed by atoms with Crippen LogP contribution < -0.4 is 0 Å². The monoisotopic (exact) mass is 194 g/mol. The fraction of sp³-hybridized carbons (Fsp3) is 0.111. The second-order valence-electron chi connectivity index (χ2n) is 2.10. The van der Waals surface area contributed by atoms with Gasteiger partial charge in [0.05, 0.1) is 7.11 Å². The van der Waals surface area contributed by atoms with Gasteiger partial charge in [-0.05, 0) is 0 Å². The van der Waals surface area contributed by atoms with Crippen LogP contribution in [-0.4, -0.2) is 19.4 Å². The standard InChI is InChI=1S/C9H6O3S/c1-12-9(11)3-2-7-5-13-6-8(7)4-10/h4-6H,1H3. The van der Waals surface area contributed by atoms with Gasteiger partial charge in [-0.3, -0.25) is 4.79 Å². The first-order valence-corrected chi connectivity index (χ1v) is 4.33. The van der Waals surface area contributed by atoms with Crippen molar-refractivity contribution in [3.8, 4) is 11.8 Å². The number of thiophene rings is 1. The van der Waals surface area contributed by atoms with E-state index in [0.29, 0.717) is 17.4 Å². The van der Waals surface area contributed by atoms with E-state index in [1.54, 1.807) is 10.8 Å². The molecule has 4 heteroatoms. The molecule has 0 aliphatic heterocycles. The third-order valence-corrected chi connectivity index (χ3v) is 2.07. The predicted octanol–water partition coefficient (Wildman–Crippen LogP) is 1.09. The van der Waals surface area contributed by atoms with Crippen molar-refractivity contribution in [2.24, 2.45) is 0 Å². The number of ether oxygens (including phenoxy) is 1. The Bertz CT molecular complexity index is 381. The summed E-state index contributed by atoms with van der Waals surface area (Å²) in [4.78, 5) is 21.1. The third-order valence-electron chi connectivity index (χ3n) is 1.30. The number of aldehydes is 1. The summed E-state index contributed by atoms with van der Waals surface area (Å²) in [5, 5.41) is 3.38. The minimum atomic E-state index is -0.608. The van der Waals surface area contributed by atoms with Gasteiger partial charge in [-0.25, -0.2) is 4.79 Å². The lowest BCUT2D eigenvalue weighted by atomic mass is 10.2. The van der Waals surface area contributed by atoms with E-state index in [1.165, 1.54) is 18.4 Å². The van der Waals surface area contributed by atoms with Crippen LogP contribution in [-0.2, 0) is 9.53 Å². The number of carbonyl (C=O) groups is 2. The fourth-order valence-corrected chi connectivity index (χ4v) is 1.40. The molecule has 0 fully saturated rings. The molecule has 1 heterocycles. The molecule has 1 aromatic rings. The van der Waals surface area contributed by atoms with Crippen molar-refractivity contribution in [3.63, 3.8) is 0 Å². The molecule has 0 saturated carbocycles. The number of hydrogen-bond donors (Lipinski definition) is 0. The Hall–Kier alpha value is -1.60. The Morgan fingerprint density at radius 2 is 2.38 bits per heavy atom. The number of rotatable bonds is 1. The van der Waals surface area contributed by atoms with Crippen LogP contribution in [0.15, 0.2) is 10.8 Å². The van der Waals surface area contributed by atoms with Crippen molar-refractivity contribution < 1.29 is 14.3 Å². The van der Waals surface area contributed by atoms with Gasteiger partial charge in [0.1, 0.15) is 0 Å². The minimum absolute atomic E-state index is 0.501. The third kappa shape index (κ3) is 2.42. The highest BCUT2D eigenvalue weighted by Crippen LogP contribution is 2.10. The smallest absolute Gasteiger partial charge is 0.384 e. The van der Waals surface area contributed by atoms with Gasteiger partial charge in [-0.1, -0.05) is 5.92 Å². The van der Waals surface area contributed by atoms with E-state index in [1.807, 2.05) is 0 Å². The molecule has 3 nitrogen and oxygen atoms in total. The highest BCUT2D eigenvalue weighted by Gasteiger charge is 1.99. The molecule has 0 unspecified atom stereocenters. The molecule has 1 rings (SSSR count). The van der Waals surface area contributed by atoms with Crippen LogP contribution in [0.5, 0.6) is 0 Å². The van der Waals surface area contributed by atoms with E-state index in [4.69, 9.17) is 0 Å². The zero-order chi connectivity index (χ0) is 9.68. The van der Waals surface area contributed by atoms with Gasteiger partial charge in [0.15, 0.2) is 6.29 Å². The summed E-state index contributed by atoms with van der Waals surface area (Å²) in [6, 6.07) is 0. The summed E-state index contributed by atoms with van der Waals surface area (Å²) in [6.07, 6.45) is 0.706. The van der Waals surface area contributed by atoms with E-state index in [9.17, 15) is 9.59 Å². The molecule has 0 radical (unpaired) electrons. The van der Waals surface area contributed by atoms with Gasteiger partial charge in [0.25, 0.3) is 0 Å². The molecule has 1 aromatic heterocycles. The van der Waals surface area contributed by atoms with Crippen molar-refractivity contribution in [2.45, 2.75) is 0 Å². The van der Waals surface area contributed by atoms with Gasteiger partial charge in [-0.15, -0.1) is 0 Å². The molecule has 13 heavy (non-hydrogen) atoms. The summed E-state index contributed by atoms with van der Waals surface area (Å²) < 4.78 is 4.32. The topological polar surface area (TPSA) is 43.4 Å². The molecule has 0 atom stereocenters. The van der Waals surface area contributed by atoms with E-state index in [-0.39, 0.29) is 0 Å². The van der Waals surface area contributed by atoms with Gasteiger partial charge in [0.2, 0.25) is 0 Å². The minimum Gasteiger partial charge on any atom is -0.459 e. The first-order valence-electron chi connectivity index (χ1n) is 3.39. The molecule has 66 valence electrons. The van der Waals surface area contributed by atoms with Crippen molar-refractivity contribution in [1.82, 2.24) is 0 Å². The van der Waals surface area contributed by atoms with Gasteiger partial charge >= 0.3 is 5.97 Å². The first kappa shape index (κ1) is 9.49. The number of carbonyl (C=O) groups excluding carboxylic acids is 2. The van der Waals surface area contributed by atoms with E-state index >= 15 is 0 Å². The van der Waals surface area contributed by atoms with Crippen molar-refractivity contribution in [1.29, 1.82) is 0 Å². The maximum atomic E-state index is 10.6. The largest absolute Gasteiger partial charge is 0.459 e. The Morgan fingerprint density at radius 1 is 1.62 bits per heavy atom. The Labute approximate surface area is 79.3 Å². The summed E-state index contributed by atoms with van der Waals surface area (Å²) in [5.74, 6) is 4.19. The van der Waals surface area contributed by atoms with Gasteiger partial charge < -0.3 is 4.74 Å². The highest BCUT2D eigenvalue weighted by molar-refractivity contribution is 7.08. The van der Waals surface area contributed by atoms with E-state index in [0.717, 1.165) is 0 Å². The molecule has 0 saturated heterocycles. The second-order valence-corrected chi connectivity index (χ2v) is 2.84. The van der Waals surface area contributed by atoms with Crippen LogP contribution in [0.1, 0.15) is 15.9 Å². The number of esters is 1. The molecule has 0 aromatic carbocycles. The van der Waals surface area contributed by atoms with Crippen molar-refractivity contribution >= 4 is 23.6 Å². The van der Waals surface area contributed by atoms with Crippen LogP contribution in [0, 0.1) is 11.8 Å². The van der Waals surface area contributed by atoms with Crippen LogP contribution in [0.25, 0.3) is 0 Å². The first-order chi connectivity index (χ1) is 6.27. The zero-order valence-electron chi connectivity index (χ0n) is 6.87. The zero-order valence-corrected chi connectivity index (χ0v) is 7.68. The highest BCUT2D eigenvalue weighted by atomic mass is 32.1. The summed E-state index contributed by atoms with van der Waals surface area (Å²) in [7, 11) is 1.26. The van der Waals surface area contributed by atoms with E-state index in [2.05, 4.69) is 16.6 Å². The lowest BCUT2D eigenvalue weighted by Gasteiger charge is -1.85. The maximum absolute atomic E-state index is 10.6. The molecule has 0 spiro atoms. The molecule has 0 aliphatic carbocycles. The molecular weight excluding hydrogens is 188 g/mol. The Morgan fingerprint density at radius 3 is 3.00 bits per heavy atom. The summed E-state index contributed by atoms with van der Waals surface area (Å²) in [6.45, 7) is 0. The normalized spacial score (nSPS) is 8.38. The maximum Gasteiger partial charge on any atom is 0.384 e. The summed E-state index contributed by atoms with van der Waals surface area (Å²) >= 11 is 1.36. The second kappa shape index (κ2) is 4.43. The number of hydrogen-bond acceptors (Lipinski definition) is 4. The predicted molar refractivity (Wildman–Crippen MR) is 48.6 cm³/mol. The lowest BCUT2D eigenvalue weighted by Crippen LogP contribution is -1.94. The van der Waals surface area contributed by atoms with Crippen molar-refractivity contribution in [2.75, 3.05) is 7.11 Å². The van der Waals surface area contributed by atoms with Crippen molar-refractivity contribution in [3.05, 3.63) is 21.9 Å². The molecule has 0 bridgehead atoms. The van der Waals surface area contributed by atoms with Crippen LogP contribution in [0.3, 0.4) is 0 Å². The van der Waals surface area contributed by atoms with E-state index < -0.39 is 5.97 Å². The van der Waals surface area contributed by atoms with Crippen LogP contribution in [0.4, 0.5) is 0 Å². The molecular formula is C9H6O3S. The molecule has 0 N–H and O–H groups in total.